The smallest absolute Gasteiger partial charge is 0.337 e. The molecule has 0 aliphatic carbocycles. The van der Waals surface area contributed by atoms with Crippen LogP contribution < -0.4 is 5.32 Å². The van der Waals surface area contributed by atoms with Crippen LogP contribution in [0, 0.1) is 11.8 Å². The van der Waals surface area contributed by atoms with Gasteiger partial charge in [0.05, 0.1) is 12.7 Å². The Morgan fingerprint density at radius 2 is 2.28 bits per heavy atom. The zero-order valence-electron chi connectivity index (χ0n) is 10.5. The zero-order valence-corrected chi connectivity index (χ0v) is 12.1. The molecule has 0 aromatic heterocycles. The SMILES string of the molecule is CC#CCCNCc1ccc(C(=O)OC)cc1Br. The van der Waals surface area contributed by atoms with E-state index >= 15 is 0 Å². The van der Waals surface area contributed by atoms with E-state index < -0.39 is 0 Å². The Morgan fingerprint density at radius 3 is 2.89 bits per heavy atom. The van der Waals surface area contributed by atoms with E-state index in [2.05, 4.69) is 37.8 Å². The Bertz CT molecular complexity index is 474. The number of nitrogens with one attached hydrogen (secondary N) is 1. The molecule has 0 aliphatic heterocycles. The number of rotatable bonds is 5. The molecule has 1 aromatic rings. The molecule has 96 valence electrons. The van der Waals surface area contributed by atoms with Gasteiger partial charge in [-0.15, -0.1) is 11.8 Å². The van der Waals surface area contributed by atoms with Crippen LogP contribution in [-0.2, 0) is 11.3 Å². The number of carbonyl (C=O) groups is 1. The molecule has 3 nitrogen and oxygen atoms in total. The maximum Gasteiger partial charge on any atom is 0.337 e. The molecule has 18 heavy (non-hydrogen) atoms. The van der Waals surface area contributed by atoms with Crippen molar-refractivity contribution in [2.24, 2.45) is 0 Å². The number of carbonyl (C=O) groups excluding carboxylic acids is 1. The lowest BCUT2D eigenvalue weighted by molar-refractivity contribution is 0.0600. The molecule has 1 N–H and O–H groups in total. The van der Waals surface area contributed by atoms with Crippen LogP contribution >= 0.6 is 15.9 Å². The fourth-order valence-electron chi connectivity index (χ4n) is 1.43. The first-order valence-electron chi connectivity index (χ1n) is 5.66. The van der Waals surface area contributed by atoms with Crippen molar-refractivity contribution in [1.29, 1.82) is 0 Å². The van der Waals surface area contributed by atoms with Gasteiger partial charge in [0.1, 0.15) is 0 Å². The summed E-state index contributed by atoms with van der Waals surface area (Å²) < 4.78 is 5.57. The van der Waals surface area contributed by atoms with Gasteiger partial charge in [0.2, 0.25) is 0 Å². The van der Waals surface area contributed by atoms with Gasteiger partial charge in [0.15, 0.2) is 0 Å². The molecule has 0 radical (unpaired) electrons. The highest BCUT2D eigenvalue weighted by Gasteiger charge is 2.07. The maximum atomic E-state index is 11.3. The van der Waals surface area contributed by atoms with Crippen molar-refractivity contribution < 1.29 is 9.53 Å². The number of halogens is 1. The standard InChI is InChI=1S/C14H16BrNO2/c1-3-4-5-8-16-10-12-7-6-11(9-13(12)15)14(17)18-2/h6-7,9,16H,5,8,10H2,1-2H3. The average molecular weight is 310 g/mol. The molecule has 0 amide bonds. The van der Waals surface area contributed by atoms with Crippen molar-refractivity contribution in [3.8, 4) is 11.8 Å². The summed E-state index contributed by atoms with van der Waals surface area (Å²) in [4.78, 5) is 11.3. The summed E-state index contributed by atoms with van der Waals surface area (Å²) in [7, 11) is 1.38. The predicted octanol–water partition coefficient (Wildman–Crippen LogP) is 2.74. The van der Waals surface area contributed by atoms with E-state index in [-0.39, 0.29) is 5.97 Å². The summed E-state index contributed by atoms with van der Waals surface area (Å²) in [6.07, 6.45) is 0.842. The fraction of sp³-hybridized carbons (Fsp3) is 0.357. The van der Waals surface area contributed by atoms with Crippen molar-refractivity contribution in [3.63, 3.8) is 0 Å². The molecule has 0 saturated carbocycles. The third-order valence-corrected chi connectivity index (χ3v) is 3.13. The van der Waals surface area contributed by atoms with Gasteiger partial charge in [-0.3, -0.25) is 0 Å². The number of esters is 1. The molecule has 0 spiro atoms. The van der Waals surface area contributed by atoms with E-state index in [0.717, 1.165) is 29.5 Å². The number of hydrogen-bond acceptors (Lipinski definition) is 3. The molecular weight excluding hydrogens is 294 g/mol. The Kier molecular flexibility index (Phi) is 6.48. The zero-order chi connectivity index (χ0) is 13.4. The van der Waals surface area contributed by atoms with Crippen LogP contribution in [0.25, 0.3) is 0 Å². The number of methoxy groups -OCH3 is 1. The Labute approximate surface area is 116 Å². The third-order valence-electron chi connectivity index (χ3n) is 2.39. The first-order chi connectivity index (χ1) is 8.69. The second-order valence-electron chi connectivity index (χ2n) is 3.65. The van der Waals surface area contributed by atoms with Crippen LogP contribution in [0.2, 0.25) is 0 Å². The van der Waals surface area contributed by atoms with Gasteiger partial charge < -0.3 is 10.1 Å². The lowest BCUT2D eigenvalue weighted by Crippen LogP contribution is -2.14. The van der Waals surface area contributed by atoms with Crippen LogP contribution in [0.5, 0.6) is 0 Å². The van der Waals surface area contributed by atoms with Gasteiger partial charge in [-0.05, 0) is 24.6 Å². The van der Waals surface area contributed by atoms with E-state index in [4.69, 9.17) is 0 Å². The fourth-order valence-corrected chi connectivity index (χ4v) is 1.95. The van der Waals surface area contributed by atoms with Gasteiger partial charge >= 0.3 is 5.97 Å². The van der Waals surface area contributed by atoms with Gasteiger partial charge in [-0.25, -0.2) is 4.79 Å². The number of hydrogen-bond donors (Lipinski definition) is 1. The molecule has 1 rings (SSSR count). The largest absolute Gasteiger partial charge is 0.465 e. The van der Waals surface area contributed by atoms with E-state index in [9.17, 15) is 4.79 Å². The molecule has 0 heterocycles. The molecule has 0 aliphatic rings. The number of benzene rings is 1. The summed E-state index contributed by atoms with van der Waals surface area (Å²) in [5.41, 5.74) is 1.65. The van der Waals surface area contributed by atoms with Crippen molar-refractivity contribution in [2.75, 3.05) is 13.7 Å². The van der Waals surface area contributed by atoms with Crippen LogP contribution in [0.15, 0.2) is 22.7 Å². The topological polar surface area (TPSA) is 38.3 Å². The molecule has 1 aromatic carbocycles. The van der Waals surface area contributed by atoms with Gasteiger partial charge in [0.25, 0.3) is 0 Å². The van der Waals surface area contributed by atoms with Gasteiger partial charge in [0, 0.05) is 24.0 Å². The predicted molar refractivity (Wildman–Crippen MR) is 75.3 cm³/mol. The summed E-state index contributed by atoms with van der Waals surface area (Å²) in [5.74, 6) is 5.52. The Balaban J connectivity index is 2.56. The van der Waals surface area contributed by atoms with E-state index in [1.807, 2.05) is 13.0 Å². The normalized spacial score (nSPS) is 9.50. The van der Waals surface area contributed by atoms with E-state index in [1.165, 1.54) is 7.11 Å². The minimum atomic E-state index is -0.326. The number of ether oxygens (including phenoxy) is 1. The maximum absolute atomic E-state index is 11.3. The minimum absolute atomic E-state index is 0.326. The Morgan fingerprint density at radius 1 is 1.50 bits per heavy atom. The molecule has 4 heteroatoms. The van der Waals surface area contributed by atoms with Crippen molar-refractivity contribution >= 4 is 21.9 Å². The highest BCUT2D eigenvalue weighted by Crippen LogP contribution is 2.19. The second-order valence-corrected chi connectivity index (χ2v) is 4.51. The van der Waals surface area contributed by atoms with Crippen LogP contribution in [0.1, 0.15) is 29.3 Å². The van der Waals surface area contributed by atoms with Crippen molar-refractivity contribution in [3.05, 3.63) is 33.8 Å². The summed E-state index contributed by atoms with van der Waals surface area (Å²) in [5, 5.41) is 3.29. The molecular formula is C14H16BrNO2. The van der Waals surface area contributed by atoms with Crippen LogP contribution in [0.4, 0.5) is 0 Å². The highest BCUT2D eigenvalue weighted by atomic mass is 79.9. The van der Waals surface area contributed by atoms with Gasteiger partial charge in [-0.1, -0.05) is 22.0 Å². The third kappa shape index (κ3) is 4.52. The minimum Gasteiger partial charge on any atom is -0.465 e. The lowest BCUT2D eigenvalue weighted by Gasteiger charge is -2.07. The monoisotopic (exact) mass is 309 g/mol. The molecule has 0 saturated heterocycles. The molecule has 0 atom stereocenters. The van der Waals surface area contributed by atoms with Crippen LogP contribution in [0.3, 0.4) is 0 Å². The summed E-state index contributed by atoms with van der Waals surface area (Å²) in [6, 6.07) is 5.45. The van der Waals surface area contributed by atoms with E-state index in [1.54, 1.807) is 12.1 Å². The molecule has 0 fully saturated rings. The lowest BCUT2D eigenvalue weighted by atomic mass is 10.1. The quantitative estimate of drug-likeness (QED) is 0.516. The van der Waals surface area contributed by atoms with Crippen molar-refractivity contribution in [2.45, 2.75) is 19.9 Å². The average Bonchev–Trinajstić information content (AvgIpc) is 2.39. The Hall–Kier alpha value is -1.31. The first kappa shape index (κ1) is 14.7. The second kappa shape index (κ2) is 7.91. The highest BCUT2D eigenvalue weighted by molar-refractivity contribution is 9.10. The molecule has 0 unspecified atom stereocenters. The van der Waals surface area contributed by atoms with Crippen molar-refractivity contribution in [1.82, 2.24) is 5.32 Å². The van der Waals surface area contributed by atoms with Crippen LogP contribution in [-0.4, -0.2) is 19.6 Å². The first-order valence-corrected chi connectivity index (χ1v) is 6.45. The summed E-state index contributed by atoms with van der Waals surface area (Å²) >= 11 is 3.45. The van der Waals surface area contributed by atoms with Gasteiger partial charge in [-0.2, -0.15) is 0 Å². The summed E-state index contributed by atoms with van der Waals surface area (Å²) in [6.45, 7) is 3.43. The van der Waals surface area contributed by atoms with E-state index in [0.29, 0.717) is 5.56 Å². The molecule has 0 bridgehead atoms.